The largest absolute Gasteiger partial charge is 0.385 e. The molecule has 0 radical (unpaired) electrons. The number of hydrogen-bond donors (Lipinski definition) is 1. The Morgan fingerprint density at radius 1 is 1.67 bits per heavy atom. The van der Waals surface area contributed by atoms with Crippen LogP contribution in [0.5, 0.6) is 0 Å². The molecule has 1 N–H and O–H groups in total. The van der Waals surface area contributed by atoms with Gasteiger partial charge in [0, 0.05) is 19.7 Å². The van der Waals surface area contributed by atoms with E-state index in [0.717, 1.165) is 19.6 Å². The van der Waals surface area contributed by atoms with Crippen molar-refractivity contribution in [2.45, 2.75) is 25.9 Å². The van der Waals surface area contributed by atoms with Gasteiger partial charge in [0.1, 0.15) is 6.10 Å². The van der Waals surface area contributed by atoms with E-state index in [-0.39, 0.29) is 5.78 Å². The van der Waals surface area contributed by atoms with Gasteiger partial charge in [0.25, 0.3) is 0 Å². The lowest BCUT2D eigenvalue weighted by Crippen LogP contribution is -2.36. The Hall–Kier alpha value is -0.710. The molecule has 1 unspecified atom stereocenters. The molecule has 0 bridgehead atoms. The molecule has 1 saturated heterocycles. The van der Waals surface area contributed by atoms with E-state index in [1.165, 1.54) is 6.08 Å². The standard InChI is InChI=1S/C11H19NO3/c1-2-4-10(13)11(14)5-7-12-6-3-8-15-9-12/h2,4,11,14H,3,5-9H2,1H3. The van der Waals surface area contributed by atoms with E-state index < -0.39 is 6.10 Å². The maximum absolute atomic E-state index is 11.2. The van der Waals surface area contributed by atoms with E-state index in [4.69, 9.17) is 4.74 Å². The summed E-state index contributed by atoms with van der Waals surface area (Å²) in [4.78, 5) is 13.3. The van der Waals surface area contributed by atoms with E-state index >= 15 is 0 Å². The highest BCUT2D eigenvalue weighted by Crippen LogP contribution is 2.04. The van der Waals surface area contributed by atoms with Gasteiger partial charge in [-0.2, -0.15) is 0 Å². The van der Waals surface area contributed by atoms with Crippen molar-refractivity contribution in [2.24, 2.45) is 0 Å². The summed E-state index contributed by atoms with van der Waals surface area (Å²) in [6.45, 7) is 4.90. The van der Waals surface area contributed by atoms with Crippen LogP contribution in [0.15, 0.2) is 12.2 Å². The van der Waals surface area contributed by atoms with Crippen LogP contribution in [0.1, 0.15) is 19.8 Å². The summed E-state index contributed by atoms with van der Waals surface area (Å²) >= 11 is 0. The van der Waals surface area contributed by atoms with Crippen LogP contribution >= 0.6 is 0 Å². The van der Waals surface area contributed by atoms with Crippen LogP contribution in [0.4, 0.5) is 0 Å². The van der Waals surface area contributed by atoms with Crippen LogP contribution in [0, 0.1) is 0 Å². The molecule has 0 aromatic heterocycles. The van der Waals surface area contributed by atoms with Crippen LogP contribution in [0.2, 0.25) is 0 Å². The fourth-order valence-corrected chi connectivity index (χ4v) is 1.55. The van der Waals surface area contributed by atoms with Crippen LogP contribution in [0.25, 0.3) is 0 Å². The second kappa shape index (κ2) is 6.71. The lowest BCUT2D eigenvalue weighted by molar-refractivity contribution is -0.123. The predicted molar refractivity (Wildman–Crippen MR) is 57.5 cm³/mol. The summed E-state index contributed by atoms with van der Waals surface area (Å²) < 4.78 is 5.27. The maximum atomic E-state index is 11.2. The van der Waals surface area contributed by atoms with Gasteiger partial charge in [-0.05, 0) is 25.8 Å². The number of aliphatic hydroxyl groups is 1. The van der Waals surface area contributed by atoms with Gasteiger partial charge in [-0.15, -0.1) is 0 Å². The summed E-state index contributed by atoms with van der Waals surface area (Å²) in [6, 6.07) is 0. The molecule has 1 heterocycles. The van der Waals surface area contributed by atoms with Crippen LogP contribution in [-0.4, -0.2) is 48.3 Å². The molecule has 1 fully saturated rings. The summed E-state index contributed by atoms with van der Waals surface area (Å²) in [5, 5.41) is 9.51. The number of carbonyl (C=O) groups excluding carboxylic acids is 1. The summed E-state index contributed by atoms with van der Waals surface area (Å²) in [7, 11) is 0. The van der Waals surface area contributed by atoms with E-state index in [2.05, 4.69) is 4.90 Å². The Bertz CT molecular complexity index is 222. The van der Waals surface area contributed by atoms with E-state index in [0.29, 0.717) is 19.7 Å². The molecular formula is C11H19NO3. The highest BCUT2D eigenvalue weighted by molar-refractivity contribution is 5.93. The SMILES string of the molecule is CC=CC(=O)C(O)CCN1CCCOC1. The number of hydrogen-bond acceptors (Lipinski definition) is 4. The molecule has 1 rings (SSSR count). The van der Waals surface area contributed by atoms with Gasteiger partial charge in [0.2, 0.25) is 0 Å². The highest BCUT2D eigenvalue weighted by Gasteiger charge is 2.15. The van der Waals surface area contributed by atoms with Crippen molar-refractivity contribution >= 4 is 5.78 Å². The molecule has 0 aliphatic carbocycles. The molecule has 0 spiro atoms. The third-order valence-electron chi connectivity index (χ3n) is 2.42. The van der Waals surface area contributed by atoms with Gasteiger partial charge in [-0.1, -0.05) is 6.08 Å². The second-order valence-electron chi connectivity index (χ2n) is 3.72. The third-order valence-corrected chi connectivity index (χ3v) is 2.42. The monoisotopic (exact) mass is 213 g/mol. The first-order valence-corrected chi connectivity index (χ1v) is 5.38. The van der Waals surface area contributed by atoms with E-state index in [1.54, 1.807) is 13.0 Å². The molecule has 15 heavy (non-hydrogen) atoms. The molecule has 0 aromatic rings. The van der Waals surface area contributed by atoms with Crippen molar-refractivity contribution in [3.63, 3.8) is 0 Å². The van der Waals surface area contributed by atoms with Crippen molar-refractivity contribution in [2.75, 3.05) is 26.4 Å². The van der Waals surface area contributed by atoms with Crippen LogP contribution in [0.3, 0.4) is 0 Å². The fraction of sp³-hybridized carbons (Fsp3) is 0.727. The molecule has 4 heteroatoms. The Morgan fingerprint density at radius 3 is 3.07 bits per heavy atom. The fourth-order valence-electron chi connectivity index (χ4n) is 1.55. The van der Waals surface area contributed by atoms with Crippen molar-refractivity contribution < 1.29 is 14.6 Å². The molecule has 0 aromatic carbocycles. The topological polar surface area (TPSA) is 49.8 Å². The lowest BCUT2D eigenvalue weighted by Gasteiger charge is -2.26. The van der Waals surface area contributed by atoms with Crippen LogP contribution in [-0.2, 0) is 9.53 Å². The minimum Gasteiger partial charge on any atom is -0.385 e. The first-order chi connectivity index (χ1) is 7.24. The normalized spacial score (nSPS) is 20.7. The van der Waals surface area contributed by atoms with Crippen LogP contribution < -0.4 is 0 Å². The predicted octanol–water partition coefficient (Wildman–Crippen LogP) is 0.562. The molecule has 0 amide bonds. The molecule has 1 aliphatic heterocycles. The Balaban J connectivity index is 2.20. The summed E-state index contributed by atoms with van der Waals surface area (Å²) in [5.41, 5.74) is 0. The number of carbonyl (C=O) groups is 1. The molecule has 86 valence electrons. The van der Waals surface area contributed by atoms with Gasteiger partial charge in [-0.25, -0.2) is 0 Å². The average Bonchev–Trinajstić information content (AvgIpc) is 2.27. The molecular weight excluding hydrogens is 194 g/mol. The lowest BCUT2D eigenvalue weighted by atomic mass is 10.1. The molecule has 1 aliphatic rings. The van der Waals surface area contributed by atoms with Gasteiger partial charge in [-0.3, -0.25) is 9.69 Å². The van der Waals surface area contributed by atoms with E-state index in [1.807, 2.05) is 0 Å². The first-order valence-electron chi connectivity index (χ1n) is 5.38. The second-order valence-corrected chi connectivity index (χ2v) is 3.72. The molecule has 4 nitrogen and oxygen atoms in total. The number of aliphatic hydroxyl groups excluding tert-OH is 1. The minimum absolute atomic E-state index is 0.213. The minimum atomic E-state index is -0.872. The van der Waals surface area contributed by atoms with Gasteiger partial charge < -0.3 is 9.84 Å². The van der Waals surface area contributed by atoms with Crippen molar-refractivity contribution in [3.05, 3.63) is 12.2 Å². The van der Waals surface area contributed by atoms with Crippen molar-refractivity contribution in [3.8, 4) is 0 Å². The summed E-state index contributed by atoms with van der Waals surface area (Å²) in [5.74, 6) is -0.213. The van der Waals surface area contributed by atoms with Gasteiger partial charge >= 0.3 is 0 Å². The zero-order valence-corrected chi connectivity index (χ0v) is 9.19. The smallest absolute Gasteiger partial charge is 0.183 e. The number of nitrogens with zero attached hydrogens (tertiary/aromatic N) is 1. The average molecular weight is 213 g/mol. The van der Waals surface area contributed by atoms with E-state index in [9.17, 15) is 9.90 Å². The number of ketones is 1. The zero-order chi connectivity index (χ0) is 11.1. The Morgan fingerprint density at radius 2 is 2.47 bits per heavy atom. The number of allylic oxidation sites excluding steroid dienone is 1. The first kappa shape index (κ1) is 12.4. The molecule has 0 saturated carbocycles. The Kier molecular flexibility index (Phi) is 5.53. The van der Waals surface area contributed by atoms with Gasteiger partial charge in [0.05, 0.1) is 6.73 Å². The van der Waals surface area contributed by atoms with Gasteiger partial charge in [0.15, 0.2) is 5.78 Å². The molecule has 1 atom stereocenters. The highest BCUT2D eigenvalue weighted by atomic mass is 16.5. The van der Waals surface area contributed by atoms with Crippen molar-refractivity contribution in [1.29, 1.82) is 0 Å². The third kappa shape index (κ3) is 4.55. The quantitative estimate of drug-likeness (QED) is 0.678. The Labute approximate surface area is 90.5 Å². The zero-order valence-electron chi connectivity index (χ0n) is 9.19. The number of rotatable bonds is 5. The van der Waals surface area contributed by atoms with Crippen molar-refractivity contribution in [1.82, 2.24) is 4.90 Å². The number of ether oxygens (including phenoxy) is 1. The maximum Gasteiger partial charge on any atom is 0.183 e. The summed E-state index contributed by atoms with van der Waals surface area (Å²) in [6.07, 6.45) is 3.70.